The first kappa shape index (κ1) is 20.8. The third-order valence-corrected chi connectivity index (χ3v) is 6.80. The van der Waals surface area contributed by atoms with Crippen LogP contribution in [0.5, 0.6) is 0 Å². The Morgan fingerprint density at radius 3 is 2.63 bits per heavy atom. The van der Waals surface area contributed by atoms with E-state index in [1.54, 1.807) is 0 Å². The maximum absolute atomic E-state index is 13.6. The van der Waals surface area contributed by atoms with Crippen molar-refractivity contribution in [3.63, 3.8) is 0 Å². The van der Waals surface area contributed by atoms with Gasteiger partial charge in [-0.05, 0) is 56.2 Å². The highest BCUT2D eigenvalue weighted by Crippen LogP contribution is 2.38. The molecule has 5 rings (SSSR count). The molecule has 2 fully saturated rings. The predicted molar refractivity (Wildman–Crippen MR) is 124 cm³/mol. The molecule has 0 radical (unpaired) electrons. The lowest BCUT2D eigenvalue weighted by Gasteiger charge is -2.20. The average Bonchev–Trinajstić information content (AvgIpc) is 3.29. The molecular formula is C25H28ClN3O. The van der Waals surface area contributed by atoms with Crippen LogP contribution in [0, 0.1) is 25.7 Å². The molecule has 156 valence electrons. The lowest BCUT2D eigenvalue weighted by molar-refractivity contribution is 0.0781. The molecule has 3 unspecified atom stereocenters. The van der Waals surface area contributed by atoms with Crippen molar-refractivity contribution in [1.29, 1.82) is 0 Å². The summed E-state index contributed by atoms with van der Waals surface area (Å²) in [5.41, 5.74) is 12.2. The number of carbonyl (C=O) groups is 1. The number of para-hydroxylation sites is 1. The van der Waals surface area contributed by atoms with Crippen LogP contribution < -0.4 is 5.73 Å². The number of hydrogen-bond acceptors (Lipinski definition) is 3. The number of aromatic nitrogens is 1. The molecule has 0 bridgehead atoms. The first-order chi connectivity index (χ1) is 14.0. The number of aryl methyl sites for hydroxylation is 2. The predicted octanol–water partition coefficient (Wildman–Crippen LogP) is 4.75. The molecule has 0 spiro atoms. The van der Waals surface area contributed by atoms with Gasteiger partial charge in [-0.15, -0.1) is 12.4 Å². The molecule has 2 aromatic carbocycles. The van der Waals surface area contributed by atoms with Crippen molar-refractivity contribution in [3.05, 3.63) is 65.2 Å². The number of halogens is 1. The molecular weight excluding hydrogens is 394 g/mol. The van der Waals surface area contributed by atoms with Gasteiger partial charge in [0.05, 0.1) is 16.8 Å². The molecule has 1 aliphatic heterocycles. The van der Waals surface area contributed by atoms with Gasteiger partial charge in [-0.1, -0.05) is 42.0 Å². The van der Waals surface area contributed by atoms with Gasteiger partial charge in [-0.3, -0.25) is 4.79 Å². The number of nitrogens with zero attached hydrogens (tertiary/aromatic N) is 2. The van der Waals surface area contributed by atoms with E-state index in [4.69, 9.17) is 10.7 Å². The summed E-state index contributed by atoms with van der Waals surface area (Å²) in [6.07, 6.45) is 2.23. The summed E-state index contributed by atoms with van der Waals surface area (Å²) in [5, 5.41) is 0.923. The van der Waals surface area contributed by atoms with Crippen molar-refractivity contribution in [1.82, 2.24) is 9.88 Å². The summed E-state index contributed by atoms with van der Waals surface area (Å²) in [4.78, 5) is 20.5. The summed E-state index contributed by atoms with van der Waals surface area (Å²) >= 11 is 0. The summed E-state index contributed by atoms with van der Waals surface area (Å²) in [5.74, 6) is 1.11. The first-order valence-corrected chi connectivity index (χ1v) is 10.5. The number of carbonyl (C=O) groups excluding carboxylic acids is 1. The fourth-order valence-corrected chi connectivity index (χ4v) is 5.23. The minimum atomic E-state index is 0. The van der Waals surface area contributed by atoms with E-state index in [0.29, 0.717) is 11.8 Å². The number of hydrogen-bond donors (Lipinski definition) is 1. The minimum Gasteiger partial charge on any atom is -0.338 e. The van der Waals surface area contributed by atoms with Crippen molar-refractivity contribution in [2.45, 2.75) is 32.7 Å². The quantitative estimate of drug-likeness (QED) is 0.649. The maximum atomic E-state index is 13.6. The van der Waals surface area contributed by atoms with E-state index in [2.05, 4.69) is 32.0 Å². The van der Waals surface area contributed by atoms with Crippen LogP contribution >= 0.6 is 12.4 Å². The second kappa shape index (κ2) is 8.01. The molecule has 3 aromatic rings. The lowest BCUT2D eigenvalue weighted by atomic mass is 9.98. The Balaban J connectivity index is 0.00000218. The van der Waals surface area contributed by atoms with Crippen LogP contribution in [-0.2, 0) is 0 Å². The Hall–Kier alpha value is -2.43. The SMILES string of the molecule is Cc1ccc(-c2cc(C(=O)N3CC4CCC(N)C4C3)c3ccccc3n2)c(C)c1.Cl. The van der Waals surface area contributed by atoms with E-state index in [9.17, 15) is 4.79 Å². The van der Waals surface area contributed by atoms with Gasteiger partial charge in [-0.2, -0.15) is 0 Å². The lowest BCUT2D eigenvalue weighted by Crippen LogP contribution is -2.33. The van der Waals surface area contributed by atoms with Gasteiger partial charge in [0.25, 0.3) is 5.91 Å². The smallest absolute Gasteiger partial charge is 0.254 e. The molecule has 1 saturated heterocycles. The molecule has 1 aliphatic carbocycles. The standard InChI is InChI=1S/C25H27N3O.ClH/c1-15-7-9-18(16(2)11-15)24-12-20(19-5-3-4-6-23(19)27-24)25(29)28-13-17-8-10-22(26)21(17)14-28;/h3-7,9,11-12,17,21-22H,8,10,13-14,26H2,1-2H3;1H. The first-order valence-electron chi connectivity index (χ1n) is 10.5. The Morgan fingerprint density at radius 2 is 1.87 bits per heavy atom. The van der Waals surface area contributed by atoms with Crippen molar-refractivity contribution in [3.8, 4) is 11.3 Å². The topological polar surface area (TPSA) is 59.2 Å². The van der Waals surface area contributed by atoms with Crippen LogP contribution in [-0.4, -0.2) is 34.9 Å². The van der Waals surface area contributed by atoms with Crippen LogP contribution in [0.1, 0.15) is 34.3 Å². The van der Waals surface area contributed by atoms with Gasteiger partial charge in [0, 0.05) is 30.1 Å². The Kier molecular flexibility index (Phi) is 5.56. The van der Waals surface area contributed by atoms with Gasteiger partial charge < -0.3 is 10.6 Å². The number of fused-ring (bicyclic) bond motifs is 2. The molecule has 1 amide bonds. The monoisotopic (exact) mass is 421 g/mol. The average molecular weight is 422 g/mol. The number of nitrogens with two attached hydrogens (primary N) is 1. The third kappa shape index (κ3) is 3.48. The molecule has 5 heteroatoms. The zero-order chi connectivity index (χ0) is 20.1. The second-order valence-electron chi connectivity index (χ2n) is 8.77. The molecule has 2 heterocycles. The van der Waals surface area contributed by atoms with E-state index < -0.39 is 0 Å². The highest BCUT2D eigenvalue weighted by Gasteiger charge is 2.42. The van der Waals surface area contributed by atoms with E-state index in [0.717, 1.165) is 53.7 Å². The van der Waals surface area contributed by atoms with Crippen LogP contribution in [0.4, 0.5) is 0 Å². The van der Waals surface area contributed by atoms with Gasteiger partial charge in [-0.25, -0.2) is 4.98 Å². The third-order valence-electron chi connectivity index (χ3n) is 6.80. The van der Waals surface area contributed by atoms with Gasteiger partial charge >= 0.3 is 0 Å². The highest BCUT2D eigenvalue weighted by molar-refractivity contribution is 6.07. The largest absolute Gasteiger partial charge is 0.338 e. The zero-order valence-corrected chi connectivity index (χ0v) is 18.3. The second-order valence-corrected chi connectivity index (χ2v) is 8.77. The van der Waals surface area contributed by atoms with E-state index in [1.807, 2.05) is 35.2 Å². The Labute approximate surface area is 183 Å². The Bertz CT molecular complexity index is 1110. The van der Waals surface area contributed by atoms with Crippen LogP contribution in [0.2, 0.25) is 0 Å². The maximum Gasteiger partial charge on any atom is 0.254 e. The van der Waals surface area contributed by atoms with Crippen LogP contribution in [0.3, 0.4) is 0 Å². The molecule has 2 aliphatic rings. The van der Waals surface area contributed by atoms with E-state index in [1.165, 1.54) is 11.1 Å². The summed E-state index contributed by atoms with van der Waals surface area (Å²) in [7, 11) is 0. The number of rotatable bonds is 2. The zero-order valence-electron chi connectivity index (χ0n) is 17.5. The Morgan fingerprint density at radius 1 is 1.07 bits per heavy atom. The molecule has 1 saturated carbocycles. The molecule has 3 atom stereocenters. The van der Waals surface area contributed by atoms with E-state index >= 15 is 0 Å². The molecule has 30 heavy (non-hydrogen) atoms. The molecule has 4 nitrogen and oxygen atoms in total. The van der Waals surface area contributed by atoms with Crippen LogP contribution in [0.15, 0.2) is 48.5 Å². The van der Waals surface area contributed by atoms with Crippen LogP contribution in [0.25, 0.3) is 22.2 Å². The molecule has 2 N–H and O–H groups in total. The van der Waals surface area contributed by atoms with Gasteiger partial charge in [0.2, 0.25) is 0 Å². The normalized spacial score (nSPS) is 22.8. The minimum absolute atomic E-state index is 0. The summed E-state index contributed by atoms with van der Waals surface area (Å²) in [6, 6.07) is 16.5. The van der Waals surface area contributed by atoms with E-state index in [-0.39, 0.29) is 24.4 Å². The van der Waals surface area contributed by atoms with Gasteiger partial charge in [0.15, 0.2) is 0 Å². The summed E-state index contributed by atoms with van der Waals surface area (Å²) < 4.78 is 0. The molecule has 1 aromatic heterocycles. The van der Waals surface area contributed by atoms with Crippen molar-refractivity contribution in [2.75, 3.05) is 13.1 Å². The fraction of sp³-hybridized carbons (Fsp3) is 0.360. The highest BCUT2D eigenvalue weighted by atomic mass is 35.5. The van der Waals surface area contributed by atoms with Crippen molar-refractivity contribution in [2.24, 2.45) is 17.6 Å². The number of amides is 1. The number of likely N-dealkylation sites (tertiary alicyclic amines) is 1. The number of benzene rings is 2. The summed E-state index contributed by atoms with van der Waals surface area (Å²) in [6.45, 7) is 5.80. The number of pyridine rings is 1. The fourth-order valence-electron chi connectivity index (χ4n) is 5.23. The van der Waals surface area contributed by atoms with Crippen molar-refractivity contribution < 1.29 is 4.79 Å². The van der Waals surface area contributed by atoms with Crippen molar-refractivity contribution >= 4 is 29.2 Å². The van der Waals surface area contributed by atoms with Gasteiger partial charge in [0.1, 0.15) is 0 Å².